The third-order valence-corrected chi connectivity index (χ3v) is 3.96. The van der Waals surface area contributed by atoms with Gasteiger partial charge in [0.2, 0.25) is 10.0 Å². The van der Waals surface area contributed by atoms with Crippen LogP contribution >= 0.6 is 0 Å². The highest BCUT2D eigenvalue weighted by molar-refractivity contribution is 7.89. The van der Waals surface area contributed by atoms with Crippen LogP contribution in [0.1, 0.15) is 5.56 Å². The van der Waals surface area contributed by atoms with Gasteiger partial charge in [0.25, 0.3) is 0 Å². The molecule has 0 saturated carbocycles. The van der Waals surface area contributed by atoms with E-state index in [9.17, 15) is 12.8 Å². The zero-order valence-corrected chi connectivity index (χ0v) is 11.3. The molecule has 19 heavy (non-hydrogen) atoms. The number of anilines is 1. The quantitative estimate of drug-likeness (QED) is 0.485. The number of nitrogens with two attached hydrogens (primary N) is 1. The standard InChI is InChI=1S/C11H17FN2O4S/c1-8-6-9(12)10(13)7-11(8)19(16,17)14-2-4-18-5-3-15/h6-7,14-15H,2-5,13H2,1H3. The van der Waals surface area contributed by atoms with Gasteiger partial charge >= 0.3 is 0 Å². The van der Waals surface area contributed by atoms with Crippen LogP contribution in [-0.4, -0.2) is 39.9 Å². The Bertz CT molecular complexity index is 534. The predicted octanol–water partition coefficient (Wildman–Crippen LogP) is 0.00352. The Morgan fingerprint density at radius 1 is 1.42 bits per heavy atom. The zero-order valence-electron chi connectivity index (χ0n) is 10.5. The molecule has 0 aliphatic rings. The Morgan fingerprint density at radius 3 is 2.74 bits per heavy atom. The van der Waals surface area contributed by atoms with Gasteiger partial charge in [0.05, 0.1) is 30.4 Å². The molecule has 108 valence electrons. The molecule has 0 radical (unpaired) electrons. The number of nitrogens with one attached hydrogen (secondary N) is 1. The molecule has 6 nitrogen and oxygen atoms in total. The van der Waals surface area contributed by atoms with Crippen molar-refractivity contribution in [2.45, 2.75) is 11.8 Å². The van der Waals surface area contributed by atoms with Gasteiger partial charge in [-0.05, 0) is 24.6 Å². The molecule has 1 aromatic rings. The van der Waals surface area contributed by atoms with Crippen molar-refractivity contribution < 1.29 is 22.7 Å². The van der Waals surface area contributed by atoms with Crippen molar-refractivity contribution in [2.75, 3.05) is 32.1 Å². The summed E-state index contributed by atoms with van der Waals surface area (Å²) < 4.78 is 44.3. The van der Waals surface area contributed by atoms with Crippen LogP contribution in [0.5, 0.6) is 0 Å². The summed E-state index contributed by atoms with van der Waals surface area (Å²) in [6.07, 6.45) is 0. The molecule has 4 N–H and O–H groups in total. The molecule has 8 heteroatoms. The lowest BCUT2D eigenvalue weighted by atomic mass is 10.2. The summed E-state index contributed by atoms with van der Waals surface area (Å²) in [5.41, 5.74) is 5.41. The number of sulfonamides is 1. The first-order valence-corrected chi connectivity index (χ1v) is 7.10. The van der Waals surface area contributed by atoms with Crippen molar-refractivity contribution >= 4 is 15.7 Å². The fourth-order valence-electron chi connectivity index (χ4n) is 1.45. The third-order valence-electron chi connectivity index (χ3n) is 2.36. The van der Waals surface area contributed by atoms with Gasteiger partial charge in [-0.15, -0.1) is 0 Å². The maximum absolute atomic E-state index is 13.2. The highest BCUT2D eigenvalue weighted by atomic mass is 32.2. The molecule has 0 amide bonds. The number of rotatable bonds is 7. The summed E-state index contributed by atoms with van der Waals surface area (Å²) in [6, 6.07) is 2.16. The average molecular weight is 292 g/mol. The van der Waals surface area contributed by atoms with Crippen LogP contribution in [0.3, 0.4) is 0 Å². The monoisotopic (exact) mass is 292 g/mol. The number of aryl methyl sites for hydroxylation is 1. The summed E-state index contributed by atoms with van der Waals surface area (Å²) >= 11 is 0. The fourth-order valence-corrected chi connectivity index (χ4v) is 2.72. The molecule has 0 aromatic heterocycles. The molecular formula is C11H17FN2O4S. The van der Waals surface area contributed by atoms with Gasteiger partial charge in [-0.2, -0.15) is 0 Å². The van der Waals surface area contributed by atoms with Gasteiger partial charge in [-0.25, -0.2) is 17.5 Å². The Hall–Kier alpha value is -1.22. The Morgan fingerprint density at radius 2 is 2.11 bits per heavy atom. The lowest BCUT2D eigenvalue weighted by Gasteiger charge is -2.10. The van der Waals surface area contributed by atoms with Crippen molar-refractivity contribution in [1.82, 2.24) is 4.72 Å². The zero-order chi connectivity index (χ0) is 14.5. The van der Waals surface area contributed by atoms with Crippen molar-refractivity contribution in [2.24, 2.45) is 0 Å². The first-order chi connectivity index (χ1) is 8.88. The Balaban J connectivity index is 2.75. The number of hydrogen-bond donors (Lipinski definition) is 3. The summed E-state index contributed by atoms with van der Waals surface area (Å²) in [5, 5.41) is 8.48. The van der Waals surface area contributed by atoms with E-state index >= 15 is 0 Å². The van der Waals surface area contributed by atoms with Crippen molar-refractivity contribution in [3.8, 4) is 0 Å². The Labute approximate surface area is 111 Å². The lowest BCUT2D eigenvalue weighted by Crippen LogP contribution is -2.28. The third kappa shape index (κ3) is 4.43. The lowest BCUT2D eigenvalue weighted by molar-refractivity contribution is 0.0961. The predicted molar refractivity (Wildman–Crippen MR) is 68.6 cm³/mol. The molecule has 1 rings (SSSR count). The van der Waals surface area contributed by atoms with E-state index in [1.54, 1.807) is 0 Å². The molecule has 0 spiro atoms. The van der Waals surface area contributed by atoms with E-state index in [-0.39, 0.29) is 42.5 Å². The number of benzene rings is 1. The van der Waals surface area contributed by atoms with Crippen LogP contribution in [0.15, 0.2) is 17.0 Å². The van der Waals surface area contributed by atoms with Gasteiger partial charge < -0.3 is 15.6 Å². The molecule has 0 atom stereocenters. The second-order valence-corrected chi connectivity index (χ2v) is 5.61. The smallest absolute Gasteiger partial charge is 0.240 e. The molecular weight excluding hydrogens is 275 g/mol. The second kappa shape index (κ2) is 6.80. The van der Waals surface area contributed by atoms with Crippen LogP contribution in [0.2, 0.25) is 0 Å². The normalized spacial score (nSPS) is 11.7. The number of nitrogen functional groups attached to an aromatic ring is 1. The summed E-state index contributed by atoms with van der Waals surface area (Å²) in [5.74, 6) is -0.650. The number of hydrogen-bond acceptors (Lipinski definition) is 5. The Kier molecular flexibility index (Phi) is 5.67. The van der Waals surface area contributed by atoms with Gasteiger partial charge in [-0.1, -0.05) is 0 Å². The molecule has 0 bridgehead atoms. The molecule has 0 heterocycles. The van der Waals surface area contributed by atoms with Crippen molar-refractivity contribution in [1.29, 1.82) is 0 Å². The van der Waals surface area contributed by atoms with E-state index in [0.717, 1.165) is 12.1 Å². The topological polar surface area (TPSA) is 102 Å². The van der Waals surface area contributed by atoms with Gasteiger partial charge in [-0.3, -0.25) is 0 Å². The van der Waals surface area contributed by atoms with E-state index in [2.05, 4.69) is 4.72 Å². The minimum absolute atomic E-state index is 0.0546. The van der Waals surface area contributed by atoms with E-state index < -0.39 is 15.8 Å². The van der Waals surface area contributed by atoms with E-state index in [4.69, 9.17) is 15.6 Å². The van der Waals surface area contributed by atoms with Gasteiger partial charge in [0.1, 0.15) is 5.82 Å². The van der Waals surface area contributed by atoms with E-state index in [1.165, 1.54) is 6.92 Å². The van der Waals surface area contributed by atoms with Crippen molar-refractivity contribution in [3.63, 3.8) is 0 Å². The fraction of sp³-hybridized carbons (Fsp3) is 0.455. The molecule has 0 unspecified atom stereocenters. The van der Waals surface area contributed by atoms with Crippen LogP contribution in [-0.2, 0) is 14.8 Å². The van der Waals surface area contributed by atoms with E-state index in [0.29, 0.717) is 0 Å². The second-order valence-electron chi connectivity index (χ2n) is 3.87. The molecule has 0 aliphatic carbocycles. The van der Waals surface area contributed by atoms with Crippen LogP contribution in [0.25, 0.3) is 0 Å². The first-order valence-electron chi connectivity index (χ1n) is 5.62. The minimum atomic E-state index is -3.76. The maximum atomic E-state index is 13.2. The summed E-state index contributed by atoms with van der Waals surface area (Å²) in [7, 11) is -3.76. The largest absolute Gasteiger partial charge is 0.396 e. The van der Waals surface area contributed by atoms with Gasteiger partial charge in [0.15, 0.2) is 0 Å². The first kappa shape index (κ1) is 15.8. The van der Waals surface area contributed by atoms with Crippen LogP contribution < -0.4 is 10.5 Å². The number of aliphatic hydroxyl groups is 1. The molecule has 1 aromatic carbocycles. The molecule has 0 saturated heterocycles. The van der Waals surface area contributed by atoms with Gasteiger partial charge in [0, 0.05) is 6.54 Å². The maximum Gasteiger partial charge on any atom is 0.240 e. The number of ether oxygens (including phenoxy) is 1. The molecule has 0 aliphatic heterocycles. The van der Waals surface area contributed by atoms with Crippen LogP contribution in [0, 0.1) is 12.7 Å². The minimum Gasteiger partial charge on any atom is -0.396 e. The SMILES string of the molecule is Cc1cc(F)c(N)cc1S(=O)(=O)NCCOCCO. The average Bonchev–Trinajstić information content (AvgIpc) is 2.33. The number of halogens is 1. The summed E-state index contributed by atoms with van der Waals surface area (Å²) in [4.78, 5) is -0.0615. The highest BCUT2D eigenvalue weighted by Crippen LogP contribution is 2.21. The summed E-state index contributed by atoms with van der Waals surface area (Å²) in [6.45, 7) is 1.69. The van der Waals surface area contributed by atoms with Crippen LogP contribution in [0.4, 0.5) is 10.1 Å². The van der Waals surface area contributed by atoms with E-state index in [1.807, 2.05) is 0 Å². The highest BCUT2D eigenvalue weighted by Gasteiger charge is 2.18. The number of aliphatic hydroxyl groups excluding tert-OH is 1. The molecule has 0 fully saturated rings. The van der Waals surface area contributed by atoms with Crippen molar-refractivity contribution in [3.05, 3.63) is 23.5 Å².